The highest BCUT2D eigenvalue weighted by Crippen LogP contribution is 2.38. The van der Waals surface area contributed by atoms with E-state index in [4.69, 9.17) is 28.4 Å². The van der Waals surface area contributed by atoms with Crippen LogP contribution in [-0.4, -0.2) is 145 Å². The monoisotopic (exact) mass is 970 g/mol. The molecular formula is C54H83NO14. The van der Waals surface area contributed by atoms with Crippen LogP contribution in [0.15, 0.2) is 47.6 Å². The molecule has 0 aromatic rings. The van der Waals surface area contributed by atoms with Gasteiger partial charge in [-0.2, -0.15) is 0 Å². The van der Waals surface area contributed by atoms with Gasteiger partial charge in [-0.05, 0) is 107 Å². The number of piperidine rings is 1. The molecule has 4 aliphatic heterocycles. The number of allylic oxidation sites excluding steroid dienone is 6. The second-order valence-corrected chi connectivity index (χ2v) is 21.1. The summed E-state index contributed by atoms with van der Waals surface area (Å²) in [6.45, 7) is 14.5. The summed E-state index contributed by atoms with van der Waals surface area (Å²) >= 11 is 0. The molecule has 69 heavy (non-hydrogen) atoms. The van der Waals surface area contributed by atoms with Crippen LogP contribution in [0.4, 0.5) is 0 Å². The van der Waals surface area contributed by atoms with E-state index in [1.807, 2.05) is 58.1 Å². The molecule has 15 nitrogen and oxygen atoms in total. The normalized spacial score (nSPS) is 37.6. The van der Waals surface area contributed by atoms with Crippen molar-refractivity contribution in [3.8, 4) is 0 Å². The van der Waals surface area contributed by atoms with E-state index in [1.54, 1.807) is 34.0 Å². The molecule has 1 amide bonds. The van der Waals surface area contributed by atoms with E-state index in [2.05, 4.69) is 0 Å². The number of hydrogen-bond acceptors (Lipinski definition) is 14. The number of amides is 1. The highest BCUT2D eigenvalue weighted by atomic mass is 16.6. The molecule has 4 heterocycles. The summed E-state index contributed by atoms with van der Waals surface area (Å²) in [4.78, 5) is 72.3. The van der Waals surface area contributed by atoms with Crippen molar-refractivity contribution in [3.05, 3.63) is 47.6 Å². The van der Waals surface area contributed by atoms with Crippen molar-refractivity contribution in [1.29, 1.82) is 0 Å². The molecule has 2 bridgehead atoms. The van der Waals surface area contributed by atoms with Gasteiger partial charge in [-0.25, -0.2) is 4.79 Å². The number of rotatable bonds is 8. The molecular weight excluding hydrogens is 887 g/mol. The lowest BCUT2D eigenvalue weighted by atomic mass is 9.78. The number of carbonyl (C=O) groups is 5. The van der Waals surface area contributed by atoms with Crippen molar-refractivity contribution in [2.24, 2.45) is 41.4 Å². The quantitative estimate of drug-likeness (QED) is 0.141. The van der Waals surface area contributed by atoms with Crippen LogP contribution in [0.5, 0.6) is 0 Å². The highest BCUT2D eigenvalue weighted by Gasteiger charge is 2.53. The Morgan fingerprint density at radius 3 is 2.28 bits per heavy atom. The number of aliphatic hydroxyl groups excluding tert-OH is 2. The van der Waals surface area contributed by atoms with Crippen molar-refractivity contribution < 1.29 is 67.7 Å². The number of carbonyl (C=O) groups excluding carboxylic acids is 5. The third kappa shape index (κ3) is 15.1. The number of nitrogens with zero attached hydrogens (tertiary/aromatic N) is 1. The SMILES string of the molecule is CO[C@@H]1C[C@H](C[C@@H](C)[C@@H]2CC(=O)[C@H](C)C=C(C)[C@@H](O)[C@@H](OC)C(=O)[C@H](C)C[C@H](C)C=CC=CC=C(C)[C@H](OCC3COC3)C[C@@H]3CC[C@@H](C)[C@@](O)(O3)C(=O)C(=O)N3CCCC[C@H]3C(=O)O2)CC[C@H]1O. The summed E-state index contributed by atoms with van der Waals surface area (Å²) in [6.07, 6.45) is 11.2. The first-order chi connectivity index (χ1) is 32.8. The van der Waals surface area contributed by atoms with Gasteiger partial charge in [0.25, 0.3) is 11.7 Å². The Kier molecular flexibility index (Phi) is 21.6. The van der Waals surface area contributed by atoms with E-state index >= 15 is 0 Å². The number of cyclic esters (lactones) is 1. The fraction of sp³-hybridized carbons (Fsp3) is 0.759. The van der Waals surface area contributed by atoms with Gasteiger partial charge in [0.1, 0.15) is 30.1 Å². The molecule has 3 N–H and O–H groups in total. The summed E-state index contributed by atoms with van der Waals surface area (Å²) < 4.78 is 35.5. The van der Waals surface area contributed by atoms with Crippen molar-refractivity contribution in [2.45, 2.75) is 180 Å². The van der Waals surface area contributed by atoms with Crippen LogP contribution in [0.1, 0.15) is 126 Å². The topological polar surface area (TPSA) is 205 Å². The number of aliphatic hydroxyl groups is 3. The Labute approximate surface area is 410 Å². The van der Waals surface area contributed by atoms with Gasteiger partial charge in [0, 0.05) is 57.3 Å². The van der Waals surface area contributed by atoms with Crippen LogP contribution in [0, 0.1) is 41.4 Å². The van der Waals surface area contributed by atoms with Gasteiger partial charge in [0.2, 0.25) is 5.79 Å². The number of fused-ring (bicyclic) bond motifs is 3. The molecule has 0 aromatic heterocycles. The molecule has 4 fully saturated rings. The van der Waals surface area contributed by atoms with Gasteiger partial charge in [-0.1, -0.05) is 71.1 Å². The van der Waals surface area contributed by atoms with Crippen LogP contribution in [0.2, 0.25) is 0 Å². The minimum absolute atomic E-state index is 0.00918. The molecule has 388 valence electrons. The van der Waals surface area contributed by atoms with Crippen molar-refractivity contribution >= 4 is 29.2 Å². The molecule has 5 aliphatic rings. The highest BCUT2D eigenvalue weighted by molar-refractivity contribution is 6.39. The Bertz CT molecular complexity index is 1870. The van der Waals surface area contributed by atoms with E-state index in [0.717, 1.165) is 12.0 Å². The molecule has 0 spiro atoms. The van der Waals surface area contributed by atoms with Crippen LogP contribution >= 0.6 is 0 Å². The number of ether oxygens (including phenoxy) is 6. The van der Waals surface area contributed by atoms with Crippen LogP contribution < -0.4 is 0 Å². The van der Waals surface area contributed by atoms with Gasteiger partial charge < -0.3 is 48.6 Å². The van der Waals surface area contributed by atoms with E-state index in [1.165, 1.54) is 12.0 Å². The second kappa shape index (κ2) is 26.3. The molecule has 1 aliphatic carbocycles. The zero-order valence-corrected chi connectivity index (χ0v) is 42.7. The summed E-state index contributed by atoms with van der Waals surface area (Å²) in [5, 5.41) is 34.1. The number of Topliss-reactive ketones (excluding diaryl/α,β-unsaturated/α-hetero) is 3. The summed E-state index contributed by atoms with van der Waals surface area (Å²) in [5.41, 5.74) is 1.28. The zero-order valence-electron chi connectivity index (χ0n) is 42.7. The molecule has 0 unspecified atom stereocenters. The van der Waals surface area contributed by atoms with Gasteiger partial charge >= 0.3 is 5.97 Å². The summed E-state index contributed by atoms with van der Waals surface area (Å²) in [7, 11) is 2.95. The average Bonchev–Trinajstić information content (AvgIpc) is 3.31. The van der Waals surface area contributed by atoms with E-state index in [-0.39, 0.29) is 60.7 Å². The Hall–Kier alpha value is -3.41. The Morgan fingerprint density at radius 2 is 1.59 bits per heavy atom. The summed E-state index contributed by atoms with van der Waals surface area (Å²) in [6, 6.07) is -1.15. The minimum atomic E-state index is -2.45. The molecule has 3 saturated heterocycles. The predicted molar refractivity (Wildman–Crippen MR) is 258 cm³/mol. The third-order valence-electron chi connectivity index (χ3n) is 15.4. The van der Waals surface area contributed by atoms with Crippen LogP contribution in [-0.2, 0) is 52.4 Å². The van der Waals surface area contributed by atoms with Gasteiger partial charge in [-0.15, -0.1) is 0 Å². The lowest BCUT2D eigenvalue weighted by Gasteiger charge is -2.43. The summed E-state index contributed by atoms with van der Waals surface area (Å²) in [5.74, 6) is -7.78. The largest absolute Gasteiger partial charge is 0.460 e. The molecule has 15 atom stereocenters. The average molecular weight is 970 g/mol. The van der Waals surface area contributed by atoms with Crippen LogP contribution in [0.25, 0.3) is 0 Å². The van der Waals surface area contributed by atoms with E-state index in [9.17, 15) is 39.3 Å². The van der Waals surface area contributed by atoms with Crippen molar-refractivity contribution in [3.63, 3.8) is 0 Å². The molecule has 0 aromatic carbocycles. The van der Waals surface area contributed by atoms with Crippen LogP contribution in [0.3, 0.4) is 0 Å². The number of methoxy groups -OCH3 is 2. The van der Waals surface area contributed by atoms with Crippen molar-refractivity contribution in [1.82, 2.24) is 4.90 Å². The molecule has 0 radical (unpaired) electrons. The molecule has 5 rings (SSSR count). The van der Waals surface area contributed by atoms with E-state index < -0.39 is 83.9 Å². The van der Waals surface area contributed by atoms with Crippen molar-refractivity contribution in [2.75, 3.05) is 40.6 Å². The Balaban J connectivity index is 1.47. The zero-order chi connectivity index (χ0) is 50.6. The van der Waals surface area contributed by atoms with E-state index in [0.29, 0.717) is 83.2 Å². The maximum absolute atomic E-state index is 14.5. The van der Waals surface area contributed by atoms with Gasteiger partial charge in [0.05, 0.1) is 44.2 Å². The number of ketones is 3. The molecule has 15 heteroatoms. The maximum Gasteiger partial charge on any atom is 0.329 e. The first-order valence-electron chi connectivity index (χ1n) is 25.6. The fourth-order valence-electron chi connectivity index (χ4n) is 10.7. The second-order valence-electron chi connectivity index (χ2n) is 21.1. The lowest BCUT2D eigenvalue weighted by Crippen LogP contribution is -2.61. The first-order valence-corrected chi connectivity index (χ1v) is 25.6. The lowest BCUT2D eigenvalue weighted by molar-refractivity contribution is -0.266. The number of hydrogen-bond donors (Lipinski definition) is 3. The third-order valence-corrected chi connectivity index (χ3v) is 15.4. The molecule has 1 saturated carbocycles. The van der Waals surface area contributed by atoms with Gasteiger partial charge in [0.15, 0.2) is 5.78 Å². The number of esters is 1. The standard InChI is InChI=1S/C54H83NO14/c1-32-15-11-10-12-16-33(2)45(67-31-40-29-66-30-40)27-41-20-18-38(7)54(63,69-41)51(60)52(61)55-22-14-13-17-42(55)53(62)68-46(35(4)25-39-19-21-43(56)47(26-39)64-8)28-44(57)34(3)24-37(6)49(59)50(65-9)48(58)36(5)23-32/h10-12,15-16,24,32,34-36,38-43,45-47,49-50,56,59,63H,13-14,17-23,25-31H2,1-9H3/t32-,34-,35-,36-,38-,39+,41+,42+,43-,45-,46+,47-,49-,50+,54-/m1/s1. The minimum Gasteiger partial charge on any atom is -0.460 e. The fourth-order valence-corrected chi connectivity index (χ4v) is 10.7. The smallest absolute Gasteiger partial charge is 0.329 e. The van der Waals surface area contributed by atoms with Gasteiger partial charge in [-0.3, -0.25) is 19.2 Å². The predicted octanol–water partition coefficient (Wildman–Crippen LogP) is 6.20. The Morgan fingerprint density at radius 1 is 0.855 bits per heavy atom. The maximum atomic E-state index is 14.5. The first kappa shape index (κ1) is 56.5.